The Morgan fingerprint density at radius 2 is 2.00 bits per heavy atom. The summed E-state index contributed by atoms with van der Waals surface area (Å²) in [5.74, 6) is 0.985. The Labute approximate surface area is 116 Å². The largest absolute Gasteiger partial charge is 0.292 e. The van der Waals surface area contributed by atoms with E-state index in [4.69, 9.17) is 0 Å². The zero-order chi connectivity index (χ0) is 13.1. The quantitative estimate of drug-likeness (QED) is 0.634. The summed E-state index contributed by atoms with van der Waals surface area (Å²) in [5.41, 5.74) is 2.87. The monoisotopic (exact) mass is 270 g/mol. The Hall–Kier alpha value is -1.68. The van der Waals surface area contributed by atoms with Gasteiger partial charge < -0.3 is 0 Å². The lowest BCUT2D eigenvalue weighted by Gasteiger charge is -2.13. The Morgan fingerprint density at radius 1 is 1.16 bits per heavy atom. The molecule has 4 heteroatoms. The van der Waals surface area contributed by atoms with Crippen LogP contribution in [0, 0.1) is 0 Å². The zero-order valence-electron chi connectivity index (χ0n) is 10.5. The molecule has 1 aromatic carbocycles. The molecule has 0 amide bonds. The summed E-state index contributed by atoms with van der Waals surface area (Å²) in [6.07, 6.45) is 4.27. The molecule has 2 aromatic rings. The molecule has 1 heterocycles. The molecule has 0 saturated carbocycles. The van der Waals surface area contributed by atoms with Gasteiger partial charge in [-0.2, -0.15) is 0 Å². The van der Waals surface area contributed by atoms with Crippen molar-refractivity contribution in [3.8, 4) is 0 Å². The normalized spacial score (nSPS) is 14.2. The third kappa shape index (κ3) is 2.84. The van der Waals surface area contributed by atoms with Gasteiger partial charge in [-0.1, -0.05) is 42.1 Å². The fourth-order valence-corrected chi connectivity index (χ4v) is 2.94. The first-order valence-corrected chi connectivity index (χ1v) is 7.37. The number of thioether (sulfide) groups is 1. The van der Waals surface area contributed by atoms with Crippen LogP contribution < -0.4 is 0 Å². The summed E-state index contributed by atoms with van der Waals surface area (Å²) in [7, 11) is 0. The Morgan fingerprint density at radius 3 is 2.84 bits per heavy atom. The summed E-state index contributed by atoms with van der Waals surface area (Å²) in [6.45, 7) is 0. The summed E-state index contributed by atoms with van der Waals surface area (Å²) < 4.78 is 0. The van der Waals surface area contributed by atoms with Gasteiger partial charge in [0.25, 0.3) is 0 Å². The van der Waals surface area contributed by atoms with Gasteiger partial charge >= 0.3 is 0 Å². The molecule has 1 aromatic heterocycles. The van der Waals surface area contributed by atoms with E-state index in [9.17, 15) is 4.79 Å². The van der Waals surface area contributed by atoms with Gasteiger partial charge in [-0.3, -0.25) is 4.79 Å². The number of aryl methyl sites for hydroxylation is 1. The molecular formula is C15H14N2OS. The number of ketones is 1. The Balaban J connectivity index is 1.75. The van der Waals surface area contributed by atoms with Crippen molar-refractivity contribution in [3.63, 3.8) is 0 Å². The van der Waals surface area contributed by atoms with E-state index >= 15 is 0 Å². The maximum atomic E-state index is 11.8. The second-order valence-corrected chi connectivity index (χ2v) is 5.52. The molecule has 0 spiro atoms. The van der Waals surface area contributed by atoms with Crippen LogP contribution in [0.25, 0.3) is 0 Å². The van der Waals surface area contributed by atoms with E-state index in [-0.39, 0.29) is 5.78 Å². The van der Waals surface area contributed by atoms with Crippen molar-refractivity contribution in [1.82, 2.24) is 9.97 Å². The van der Waals surface area contributed by atoms with Crippen LogP contribution in [0.3, 0.4) is 0 Å². The number of aromatic nitrogens is 2. The number of Topliss-reactive ketones (excluding diaryl/α,β-unsaturated/α-hetero) is 1. The SMILES string of the molecule is O=C1CCCc2cnc(SCc3ccccc3)nc21. The average Bonchev–Trinajstić information content (AvgIpc) is 2.47. The van der Waals surface area contributed by atoms with Gasteiger partial charge in [0.1, 0.15) is 5.69 Å². The van der Waals surface area contributed by atoms with Gasteiger partial charge in [0.2, 0.25) is 0 Å². The molecule has 0 bridgehead atoms. The molecule has 0 N–H and O–H groups in total. The number of hydrogen-bond acceptors (Lipinski definition) is 4. The molecule has 0 radical (unpaired) electrons. The van der Waals surface area contributed by atoms with Gasteiger partial charge in [0, 0.05) is 18.4 Å². The summed E-state index contributed by atoms with van der Waals surface area (Å²) in [5, 5.41) is 0.692. The minimum atomic E-state index is 0.158. The number of carbonyl (C=O) groups excluding carboxylic acids is 1. The summed E-state index contributed by atoms with van der Waals surface area (Å²) in [6, 6.07) is 10.2. The summed E-state index contributed by atoms with van der Waals surface area (Å²) >= 11 is 1.57. The molecule has 96 valence electrons. The molecule has 0 aliphatic heterocycles. The van der Waals surface area contributed by atoms with Crippen molar-refractivity contribution in [2.24, 2.45) is 0 Å². The lowest BCUT2D eigenvalue weighted by Crippen LogP contribution is -2.14. The number of carbonyl (C=O) groups is 1. The molecule has 0 atom stereocenters. The molecule has 1 aliphatic rings. The third-order valence-corrected chi connectivity index (χ3v) is 4.10. The average molecular weight is 270 g/mol. The van der Waals surface area contributed by atoms with Crippen molar-refractivity contribution in [2.75, 3.05) is 0 Å². The Bertz CT molecular complexity index is 598. The van der Waals surface area contributed by atoms with Crippen LogP contribution in [-0.4, -0.2) is 15.8 Å². The van der Waals surface area contributed by atoms with E-state index in [1.54, 1.807) is 11.8 Å². The molecule has 0 fully saturated rings. The number of hydrogen-bond donors (Lipinski definition) is 0. The number of benzene rings is 1. The van der Waals surface area contributed by atoms with Gasteiger partial charge in [-0.25, -0.2) is 9.97 Å². The van der Waals surface area contributed by atoms with Crippen LogP contribution in [0.2, 0.25) is 0 Å². The fraction of sp³-hybridized carbons (Fsp3) is 0.267. The molecule has 0 unspecified atom stereocenters. The van der Waals surface area contributed by atoms with Crippen LogP contribution in [0.5, 0.6) is 0 Å². The van der Waals surface area contributed by atoms with E-state index < -0.39 is 0 Å². The van der Waals surface area contributed by atoms with Crippen molar-refractivity contribution >= 4 is 17.5 Å². The molecule has 3 nitrogen and oxygen atoms in total. The number of fused-ring (bicyclic) bond motifs is 1. The van der Waals surface area contributed by atoms with E-state index in [1.807, 2.05) is 24.4 Å². The first-order chi connectivity index (χ1) is 9.33. The molecule has 0 saturated heterocycles. The lowest BCUT2D eigenvalue weighted by molar-refractivity contribution is 0.0966. The Kier molecular flexibility index (Phi) is 3.60. The zero-order valence-corrected chi connectivity index (χ0v) is 11.3. The highest BCUT2D eigenvalue weighted by atomic mass is 32.2. The molecule has 19 heavy (non-hydrogen) atoms. The molecular weight excluding hydrogens is 256 g/mol. The van der Waals surface area contributed by atoms with Gasteiger partial charge in [0.05, 0.1) is 0 Å². The number of nitrogens with zero attached hydrogens (tertiary/aromatic N) is 2. The van der Waals surface area contributed by atoms with Crippen molar-refractivity contribution in [2.45, 2.75) is 30.2 Å². The van der Waals surface area contributed by atoms with E-state index in [2.05, 4.69) is 22.1 Å². The smallest absolute Gasteiger partial charge is 0.188 e. The summed E-state index contributed by atoms with van der Waals surface area (Å²) in [4.78, 5) is 20.6. The van der Waals surface area contributed by atoms with Gasteiger partial charge in [-0.05, 0) is 24.0 Å². The van der Waals surface area contributed by atoms with Crippen molar-refractivity contribution in [3.05, 3.63) is 53.3 Å². The van der Waals surface area contributed by atoms with Crippen LogP contribution in [-0.2, 0) is 12.2 Å². The van der Waals surface area contributed by atoms with E-state index in [1.165, 1.54) is 5.56 Å². The van der Waals surface area contributed by atoms with Crippen LogP contribution in [0.4, 0.5) is 0 Å². The minimum absolute atomic E-state index is 0.158. The molecule has 3 rings (SSSR count). The van der Waals surface area contributed by atoms with Gasteiger partial charge in [-0.15, -0.1) is 0 Å². The lowest BCUT2D eigenvalue weighted by atomic mass is 9.96. The fourth-order valence-electron chi connectivity index (χ4n) is 2.16. The third-order valence-electron chi connectivity index (χ3n) is 3.17. The van der Waals surface area contributed by atoms with Crippen molar-refractivity contribution < 1.29 is 4.79 Å². The second kappa shape index (κ2) is 5.53. The predicted molar refractivity (Wildman–Crippen MR) is 75.3 cm³/mol. The van der Waals surface area contributed by atoms with Gasteiger partial charge in [0.15, 0.2) is 10.9 Å². The molecule has 1 aliphatic carbocycles. The van der Waals surface area contributed by atoms with E-state index in [0.717, 1.165) is 24.2 Å². The van der Waals surface area contributed by atoms with Crippen LogP contribution in [0.15, 0.2) is 41.7 Å². The highest BCUT2D eigenvalue weighted by Gasteiger charge is 2.19. The van der Waals surface area contributed by atoms with Crippen molar-refractivity contribution in [1.29, 1.82) is 0 Å². The maximum absolute atomic E-state index is 11.8. The first-order valence-electron chi connectivity index (χ1n) is 6.39. The topological polar surface area (TPSA) is 42.9 Å². The second-order valence-electron chi connectivity index (χ2n) is 4.58. The standard InChI is InChI=1S/C15H14N2OS/c18-13-8-4-7-12-9-16-15(17-14(12)13)19-10-11-5-2-1-3-6-11/h1-3,5-6,9H,4,7-8,10H2. The predicted octanol–water partition coefficient (Wildman–Crippen LogP) is 3.29. The van der Waals surface area contributed by atoms with Crippen LogP contribution >= 0.6 is 11.8 Å². The van der Waals surface area contributed by atoms with E-state index in [0.29, 0.717) is 17.3 Å². The minimum Gasteiger partial charge on any atom is -0.292 e. The number of rotatable bonds is 3. The first kappa shape index (κ1) is 12.4. The highest BCUT2D eigenvalue weighted by molar-refractivity contribution is 7.98. The maximum Gasteiger partial charge on any atom is 0.188 e. The highest BCUT2D eigenvalue weighted by Crippen LogP contribution is 2.23. The van der Waals surface area contributed by atoms with Crippen LogP contribution in [0.1, 0.15) is 34.5 Å².